The zero-order valence-electron chi connectivity index (χ0n) is 15.7. The Labute approximate surface area is 166 Å². The maximum absolute atomic E-state index is 12.6. The highest BCUT2D eigenvalue weighted by atomic mass is 32.1. The first-order valence-electron chi connectivity index (χ1n) is 9.84. The van der Waals surface area contributed by atoms with E-state index < -0.39 is 5.56 Å². The number of hydrogen-bond acceptors (Lipinski definition) is 7. The van der Waals surface area contributed by atoms with Crippen LogP contribution in [0.5, 0.6) is 0 Å². The topological polar surface area (TPSA) is 99.9 Å². The Morgan fingerprint density at radius 2 is 1.96 bits per heavy atom. The van der Waals surface area contributed by atoms with Crippen molar-refractivity contribution in [2.45, 2.75) is 38.5 Å². The summed E-state index contributed by atoms with van der Waals surface area (Å²) in [6.45, 7) is 3.74. The number of rotatable bonds is 6. The molecule has 2 aliphatic heterocycles. The summed E-state index contributed by atoms with van der Waals surface area (Å²) in [6.07, 6.45) is 5.66. The van der Waals surface area contributed by atoms with Crippen LogP contribution in [-0.2, 0) is 4.79 Å². The van der Waals surface area contributed by atoms with Crippen LogP contribution < -0.4 is 15.8 Å². The number of aromatic nitrogens is 3. The molecule has 4 heterocycles. The van der Waals surface area contributed by atoms with Crippen molar-refractivity contribution in [1.29, 1.82) is 0 Å². The molecule has 0 spiro atoms. The number of nitrogens with one attached hydrogen (secondary N) is 1. The lowest BCUT2D eigenvalue weighted by molar-refractivity contribution is -0.127. The number of hydrogen-bond donors (Lipinski definition) is 1. The van der Waals surface area contributed by atoms with E-state index in [0.29, 0.717) is 30.9 Å². The monoisotopic (exact) mass is 404 g/mol. The molecule has 10 heteroatoms. The Kier molecular flexibility index (Phi) is 5.56. The quantitative estimate of drug-likeness (QED) is 0.718. The second kappa shape index (κ2) is 8.26. The van der Waals surface area contributed by atoms with Crippen molar-refractivity contribution < 1.29 is 9.59 Å². The fourth-order valence-electron chi connectivity index (χ4n) is 3.68. The Morgan fingerprint density at radius 1 is 1.14 bits per heavy atom. The van der Waals surface area contributed by atoms with Gasteiger partial charge in [-0.3, -0.25) is 14.4 Å². The summed E-state index contributed by atoms with van der Waals surface area (Å²) < 4.78 is 1.47. The molecule has 1 N–H and O–H groups in total. The SMILES string of the molecule is O=C(NCCCN1CCCC1=O)c1cc(=O)nc2sc(N3CCCCC3)nn12. The van der Waals surface area contributed by atoms with E-state index in [2.05, 4.69) is 20.3 Å². The van der Waals surface area contributed by atoms with Crippen LogP contribution in [0.3, 0.4) is 0 Å². The lowest BCUT2D eigenvalue weighted by atomic mass is 10.1. The highest BCUT2D eigenvalue weighted by molar-refractivity contribution is 7.20. The molecule has 2 aliphatic rings. The molecule has 2 aromatic rings. The molecular weight excluding hydrogens is 380 g/mol. The van der Waals surface area contributed by atoms with Gasteiger partial charge in [-0.2, -0.15) is 9.50 Å². The van der Waals surface area contributed by atoms with Crippen LogP contribution in [0, 0.1) is 0 Å². The van der Waals surface area contributed by atoms with Crippen LogP contribution in [0.25, 0.3) is 4.96 Å². The van der Waals surface area contributed by atoms with E-state index in [4.69, 9.17) is 0 Å². The average Bonchev–Trinajstić information content (AvgIpc) is 3.31. The van der Waals surface area contributed by atoms with E-state index >= 15 is 0 Å². The van der Waals surface area contributed by atoms with Gasteiger partial charge in [0, 0.05) is 45.2 Å². The van der Waals surface area contributed by atoms with Gasteiger partial charge in [0.05, 0.1) is 0 Å². The van der Waals surface area contributed by atoms with E-state index in [1.54, 1.807) is 0 Å². The minimum atomic E-state index is -0.443. The fourth-order valence-corrected chi connectivity index (χ4v) is 4.64. The second-order valence-electron chi connectivity index (χ2n) is 7.20. The molecule has 0 bridgehead atoms. The predicted molar refractivity (Wildman–Crippen MR) is 106 cm³/mol. The molecule has 0 unspecified atom stereocenters. The Hall–Kier alpha value is -2.49. The van der Waals surface area contributed by atoms with Gasteiger partial charge in [0.25, 0.3) is 11.5 Å². The molecule has 9 nitrogen and oxygen atoms in total. The number of piperidine rings is 1. The van der Waals surface area contributed by atoms with Gasteiger partial charge in [-0.25, -0.2) is 0 Å². The smallest absolute Gasteiger partial charge is 0.274 e. The summed E-state index contributed by atoms with van der Waals surface area (Å²) >= 11 is 1.34. The standard InChI is InChI=1S/C18H24N6O3S/c25-14-12-13(16(27)19-7-5-11-22-10-4-6-15(22)26)24-17(20-14)28-18(21-24)23-8-2-1-3-9-23/h12H,1-11H2,(H,19,27). The van der Waals surface area contributed by atoms with Crippen molar-refractivity contribution >= 4 is 33.2 Å². The second-order valence-corrected chi connectivity index (χ2v) is 8.13. The molecular formula is C18H24N6O3S. The number of anilines is 1. The normalized spacial score (nSPS) is 17.5. The highest BCUT2D eigenvalue weighted by Crippen LogP contribution is 2.25. The molecule has 0 radical (unpaired) electrons. The number of nitrogens with zero attached hydrogens (tertiary/aromatic N) is 5. The number of likely N-dealkylation sites (tertiary alicyclic amines) is 1. The van der Waals surface area contributed by atoms with Gasteiger partial charge in [0.1, 0.15) is 5.69 Å². The van der Waals surface area contributed by atoms with Gasteiger partial charge >= 0.3 is 0 Å². The van der Waals surface area contributed by atoms with Gasteiger partial charge in [0.2, 0.25) is 16.0 Å². The number of amides is 2. The average molecular weight is 404 g/mol. The van der Waals surface area contributed by atoms with Crippen molar-refractivity contribution in [3.63, 3.8) is 0 Å². The molecule has 2 amide bonds. The first-order chi connectivity index (χ1) is 13.6. The van der Waals surface area contributed by atoms with Crippen LogP contribution in [0.1, 0.15) is 49.0 Å². The maximum Gasteiger partial charge on any atom is 0.274 e. The van der Waals surface area contributed by atoms with Crippen molar-refractivity contribution in [3.05, 3.63) is 22.1 Å². The van der Waals surface area contributed by atoms with Crippen LogP contribution >= 0.6 is 11.3 Å². The molecule has 150 valence electrons. The third-order valence-electron chi connectivity index (χ3n) is 5.16. The van der Waals surface area contributed by atoms with Gasteiger partial charge in [-0.1, -0.05) is 11.3 Å². The van der Waals surface area contributed by atoms with Crippen LogP contribution in [0.2, 0.25) is 0 Å². The Balaban J connectivity index is 1.44. The minimum Gasteiger partial charge on any atom is -0.351 e. The number of carbonyl (C=O) groups is 2. The van der Waals surface area contributed by atoms with Crippen LogP contribution in [-0.4, -0.2) is 64.0 Å². The zero-order valence-corrected chi connectivity index (χ0v) is 16.5. The minimum absolute atomic E-state index is 0.182. The first kappa shape index (κ1) is 18.9. The number of fused-ring (bicyclic) bond motifs is 1. The molecule has 0 aromatic carbocycles. The van der Waals surface area contributed by atoms with Crippen molar-refractivity contribution in [2.24, 2.45) is 0 Å². The summed E-state index contributed by atoms with van der Waals surface area (Å²) in [4.78, 5) is 44.6. The molecule has 0 atom stereocenters. The fraction of sp³-hybridized carbons (Fsp3) is 0.611. The van der Waals surface area contributed by atoms with Gasteiger partial charge < -0.3 is 15.1 Å². The van der Waals surface area contributed by atoms with E-state index in [0.717, 1.165) is 44.0 Å². The summed E-state index contributed by atoms with van der Waals surface area (Å²) in [5.74, 6) is -0.167. The van der Waals surface area contributed by atoms with Crippen LogP contribution in [0.15, 0.2) is 10.9 Å². The Bertz CT molecular complexity index is 933. The molecule has 2 aromatic heterocycles. The molecule has 0 aliphatic carbocycles. The van der Waals surface area contributed by atoms with Crippen LogP contribution in [0.4, 0.5) is 5.13 Å². The summed E-state index contributed by atoms with van der Waals surface area (Å²) in [5.41, 5.74) is -0.242. The largest absolute Gasteiger partial charge is 0.351 e. The molecule has 4 rings (SSSR count). The molecule has 0 saturated carbocycles. The van der Waals surface area contributed by atoms with Crippen molar-refractivity contribution in [1.82, 2.24) is 24.8 Å². The zero-order chi connectivity index (χ0) is 19.5. The molecule has 2 fully saturated rings. The van der Waals surface area contributed by atoms with Gasteiger partial charge in [-0.15, -0.1) is 5.10 Å². The molecule has 2 saturated heterocycles. The molecule has 28 heavy (non-hydrogen) atoms. The lowest BCUT2D eigenvalue weighted by Crippen LogP contribution is -2.32. The summed E-state index contributed by atoms with van der Waals surface area (Å²) in [6, 6.07) is 1.23. The lowest BCUT2D eigenvalue weighted by Gasteiger charge is -2.25. The number of carbonyl (C=O) groups excluding carboxylic acids is 2. The third kappa shape index (κ3) is 4.01. The van der Waals surface area contributed by atoms with Gasteiger partial charge in [0.15, 0.2) is 0 Å². The van der Waals surface area contributed by atoms with Crippen molar-refractivity contribution in [3.8, 4) is 0 Å². The highest BCUT2D eigenvalue weighted by Gasteiger charge is 2.21. The van der Waals surface area contributed by atoms with E-state index in [1.165, 1.54) is 28.3 Å². The van der Waals surface area contributed by atoms with Gasteiger partial charge in [-0.05, 0) is 32.1 Å². The predicted octanol–water partition coefficient (Wildman–Crippen LogP) is 0.884. The maximum atomic E-state index is 12.6. The van der Waals surface area contributed by atoms with Crippen molar-refractivity contribution in [2.75, 3.05) is 37.6 Å². The Morgan fingerprint density at radius 3 is 2.71 bits per heavy atom. The van der Waals surface area contributed by atoms with E-state index in [1.807, 2.05) is 4.90 Å². The third-order valence-corrected chi connectivity index (χ3v) is 6.13. The summed E-state index contributed by atoms with van der Waals surface area (Å²) in [5, 5.41) is 8.17. The van der Waals surface area contributed by atoms with E-state index in [-0.39, 0.29) is 17.5 Å². The van der Waals surface area contributed by atoms with E-state index in [9.17, 15) is 14.4 Å². The summed E-state index contributed by atoms with van der Waals surface area (Å²) in [7, 11) is 0. The first-order valence-corrected chi connectivity index (χ1v) is 10.7.